The third-order valence-corrected chi connectivity index (χ3v) is 3.80. The molecule has 7 heteroatoms. The van der Waals surface area contributed by atoms with Gasteiger partial charge in [-0.1, -0.05) is 13.0 Å². The van der Waals surface area contributed by atoms with Gasteiger partial charge in [0.1, 0.15) is 5.75 Å². The number of amides is 2. The molecule has 0 aliphatic carbocycles. The predicted molar refractivity (Wildman–Crippen MR) is 86.1 cm³/mol. The van der Waals surface area contributed by atoms with E-state index >= 15 is 0 Å². The molecule has 0 aromatic heterocycles. The summed E-state index contributed by atoms with van der Waals surface area (Å²) in [4.78, 5) is 25.0. The van der Waals surface area contributed by atoms with Gasteiger partial charge < -0.3 is 21.1 Å². The quantitative estimate of drug-likeness (QED) is 0.835. The number of likely N-dealkylation sites (tertiary alicyclic amines) is 1. The Hall–Kier alpha value is -1.79. The topological polar surface area (TPSA) is 98.7 Å². The van der Waals surface area contributed by atoms with Crippen LogP contribution in [-0.4, -0.2) is 43.0 Å². The maximum atomic E-state index is 12.5. The Balaban J connectivity index is 0.00000242. The van der Waals surface area contributed by atoms with Crippen molar-refractivity contribution in [1.29, 1.82) is 0 Å². The summed E-state index contributed by atoms with van der Waals surface area (Å²) in [6, 6.07) is 6.77. The fourth-order valence-corrected chi connectivity index (χ4v) is 2.42. The number of hydrogen-bond donors (Lipinski definition) is 2. The first kappa shape index (κ1) is 18.3. The lowest BCUT2D eigenvalue weighted by Gasteiger charge is -2.22. The van der Waals surface area contributed by atoms with Crippen molar-refractivity contribution in [3.8, 4) is 5.75 Å². The van der Waals surface area contributed by atoms with E-state index in [0.29, 0.717) is 30.9 Å². The molecule has 1 aromatic carbocycles. The lowest BCUT2D eigenvalue weighted by atomic mass is 9.90. The number of hydrogen-bond acceptors (Lipinski definition) is 4. The van der Waals surface area contributed by atoms with Crippen LogP contribution in [-0.2, 0) is 4.79 Å². The Kier molecular flexibility index (Phi) is 6.20. The molecule has 122 valence electrons. The Morgan fingerprint density at radius 2 is 2.14 bits per heavy atom. The van der Waals surface area contributed by atoms with Crippen molar-refractivity contribution in [3.05, 3.63) is 29.8 Å². The molecule has 2 rings (SSSR count). The van der Waals surface area contributed by atoms with Gasteiger partial charge in [-0.25, -0.2) is 0 Å². The third-order valence-electron chi connectivity index (χ3n) is 3.80. The Morgan fingerprint density at radius 1 is 1.41 bits per heavy atom. The van der Waals surface area contributed by atoms with Crippen LogP contribution in [0.1, 0.15) is 23.7 Å². The summed E-state index contributed by atoms with van der Waals surface area (Å²) in [7, 11) is 0. The number of ether oxygens (including phenoxy) is 1. The second-order valence-corrected chi connectivity index (χ2v) is 5.77. The number of carbonyl (C=O) groups is 2. The molecule has 1 aliphatic rings. The molecule has 0 spiro atoms. The number of halogens is 1. The lowest BCUT2D eigenvalue weighted by molar-refractivity contribution is -0.119. The second-order valence-electron chi connectivity index (χ2n) is 5.77. The fraction of sp³-hybridized carbons (Fsp3) is 0.467. The van der Waals surface area contributed by atoms with Crippen molar-refractivity contribution < 1.29 is 14.3 Å². The van der Waals surface area contributed by atoms with Crippen molar-refractivity contribution in [2.24, 2.45) is 16.9 Å². The van der Waals surface area contributed by atoms with E-state index < -0.39 is 5.91 Å². The van der Waals surface area contributed by atoms with Gasteiger partial charge in [0.25, 0.3) is 11.8 Å². The van der Waals surface area contributed by atoms with Gasteiger partial charge in [0, 0.05) is 18.7 Å². The van der Waals surface area contributed by atoms with Crippen LogP contribution in [0.3, 0.4) is 0 Å². The zero-order valence-corrected chi connectivity index (χ0v) is 13.4. The molecule has 1 atom stereocenters. The van der Waals surface area contributed by atoms with Gasteiger partial charge in [0.15, 0.2) is 6.61 Å². The Morgan fingerprint density at radius 3 is 2.73 bits per heavy atom. The minimum absolute atomic E-state index is 0. The van der Waals surface area contributed by atoms with E-state index in [2.05, 4.69) is 6.92 Å². The summed E-state index contributed by atoms with van der Waals surface area (Å²) in [5.74, 6) is -0.137. The average Bonchev–Trinajstić information content (AvgIpc) is 2.88. The average molecular weight is 328 g/mol. The van der Waals surface area contributed by atoms with Crippen molar-refractivity contribution in [2.75, 3.05) is 26.2 Å². The molecular formula is C15H22ClN3O3. The summed E-state index contributed by atoms with van der Waals surface area (Å²) in [5, 5.41) is 0. The number of benzene rings is 1. The minimum Gasteiger partial charge on any atom is -0.484 e. The van der Waals surface area contributed by atoms with E-state index in [1.807, 2.05) is 0 Å². The van der Waals surface area contributed by atoms with Crippen LogP contribution < -0.4 is 16.2 Å². The van der Waals surface area contributed by atoms with Gasteiger partial charge >= 0.3 is 0 Å². The highest BCUT2D eigenvalue weighted by Gasteiger charge is 2.35. The molecule has 1 fully saturated rings. The summed E-state index contributed by atoms with van der Waals surface area (Å²) in [5.41, 5.74) is 11.3. The van der Waals surface area contributed by atoms with Gasteiger partial charge in [-0.05, 0) is 36.6 Å². The highest BCUT2D eigenvalue weighted by atomic mass is 35.5. The molecule has 22 heavy (non-hydrogen) atoms. The van der Waals surface area contributed by atoms with E-state index in [1.54, 1.807) is 29.2 Å². The zero-order chi connectivity index (χ0) is 15.5. The van der Waals surface area contributed by atoms with Crippen LogP contribution in [0.15, 0.2) is 24.3 Å². The van der Waals surface area contributed by atoms with Crippen LogP contribution in [0, 0.1) is 5.41 Å². The van der Waals surface area contributed by atoms with Crippen LogP contribution >= 0.6 is 12.4 Å². The van der Waals surface area contributed by atoms with E-state index in [9.17, 15) is 9.59 Å². The SMILES string of the molecule is CC1(CN)CCN(C(=O)c2cccc(OCC(N)=O)c2)C1.Cl. The molecule has 6 nitrogen and oxygen atoms in total. The Labute approximate surface area is 136 Å². The first-order valence-electron chi connectivity index (χ1n) is 6.94. The normalized spacial score (nSPS) is 20.4. The number of carbonyl (C=O) groups excluding carboxylic acids is 2. The highest BCUT2D eigenvalue weighted by molar-refractivity contribution is 5.94. The molecule has 1 aromatic rings. The smallest absolute Gasteiger partial charge is 0.255 e. The Bertz CT molecular complexity index is 553. The molecule has 1 aliphatic heterocycles. The van der Waals surface area contributed by atoms with Gasteiger partial charge in [-0.2, -0.15) is 0 Å². The summed E-state index contributed by atoms with van der Waals surface area (Å²) < 4.78 is 5.22. The largest absolute Gasteiger partial charge is 0.484 e. The number of nitrogens with two attached hydrogens (primary N) is 2. The van der Waals surface area contributed by atoms with E-state index in [1.165, 1.54) is 0 Å². The van der Waals surface area contributed by atoms with Gasteiger partial charge in [0.05, 0.1) is 0 Å². The maximum absolute atomic E-state index is 12.5. The lowest BCUT2D eigenvalue weighted by Crippen LogP contribution is -2.34. The van der Waals surface area contributed by atoms with Crippen LogP contribution in [0.4, 0.5) is 0 Å². The second kappa shape index (κ2) is 7.47. The van der Waals surface area contributed by atoms with Gasteiger partial charge in [-0.3, -0.25) is 9.59 Å². The van der Waals surface area contributed by atoms with Gasteiger partial charge in [-0.15, -0.1) is 12.4 Å². The molecule has 1 saturated heterocycles. The summed E-state index contributed by atoms with van der Waals surface area (Å²) in [6.45, 7) is 3.82. The first-order chi connectivity index (χ1) is 9.93. The van der Waals surface area contributed by atoms with Crippen molar-refractivity contribution >= 4 is 24.2 Å². The van der Waals surface area contributed by atoms with Crippen molar-refractivity contribution in [2.45, 2.75) is 13.3 Å². The molecule has 1 heterocycles. The molecule has 0 radical (unpaired) electrons. The summed E-state index contributed by atoms with van der Waals surface area (Å²) >= 11 is 0. The van der Waals surface area contributed by atoms with Gasteiger partial charge in [0.2, 0.25) is 0 Å². The third kappa shape index (κ3) is 4.35. The fourth-order valence-electron chi connectivity index (χ4n) is 2.42. The van der Waals surface area contributed by atoms with E-state index in [4.69, 9.17) is 16.2 Å². The zero-order valence-electron chi connectivity index (χ0n) is 12.6. The molecule has 1 unspecified atom stereocenters. The number of nitrogens with zero attached hydrogens (tertiary/aromatic N) is 1. The van der Waals surface area contributed by atoms with Crippen LogP contribution in [0.5, 0.6) is 5.75 Å². The highest BCUT2D eigenvalue weighted by Crippen LogP contribution is 2.29. The standard InChI is InChI=1S/C15H21N3O3.ClH/c1-15(9-16)5-6-18(10-15)14(20)11-3-2-4-12(7-11)21-8-13(17)19;/h2-4,7H,5-6,8-10,16H2,1H3,(H2,17,19);1H. The predicted octanol–water partition coefficient (Wildman–Crippen LogP) is 0.783. The number of primary amides is 1. The molecule has 0 saturated carbocycles. The van der Waals surface area contributed by atoms with Crippen LogP contribution in [0.25, 0.3) is 0 Å². The molecular weight excluding hydrogens is 306 g/mol. The monoisotopic (exact) mass is 327 g/mol. The molecule has 0 bridgehead atoms. The summed E-state index contributed by atoms with van der Waals surface area (Å²) in [6.07, 6.45) is 0.910. The maximum Gasteiger partial charge on any atom is 0.255 e. The van der Waals surface area contributed by atoms with Crippen LogP contribution in [0.2, 0.25) is 0 Å². The van der Waals surface area contributed by atoms with E-state index in [-0.39, 0.29) is 30.3 Å². The number of rotatable bonds is 5. The van der Waals surface area contributed by atoms with E-state index in [0.717, 1.165) is 6.42 Å². The van der Waals surface area contributed by atoms with Crippen molar-refractivity contribution in [3.63, 3.8) is 0 Å². The molecule has 4 N–H and O–H groups in total. The molecule has 2 amide bonds. The van der Waals surface area contributed by atoms with Crippen molar-refractivity contribution in [1.82, 2.24) is 4.90 Å². The minimum atomic E-state index is -0.551. The first-order valence-corrected chi connectivity index (χ1v) is 6.94.